The quantitative estimate of drug-likeness (QED) is 0.528. The van der Waals surface area contributed by atoms with Crippen LogP contribution < -0.4 is 4.74 Å². The summed E-state index contributed by atoms with van der Waals surface area (Å²) < 4.78 is 5.50. The molecule has 0 aromatic carbocycles. The van der Waals surface area contributed by atoms with E-state index in [1.165, 1.54) is 0 Å². The van der Waals surface area contributed by atoms with Crippen LogP contribution in [-0.4, -0.2) is 12.1 Å². The second kappa shape index (κ2) is 3.35. The van der Waals surface area contributed by atoms with Gasteiger partial charge in [0.25, 0.3) is 5.82 Å². The van der Waals surface area contributed by atoms with Crippen molar-refractivity contribution < 1.29 is 4.74 Å². The molecule has 1 heterocycles. The lowest BCUT2D eigenvalue weighted by molar-refractivity contribution is 0.410. The molecule has 0 bridgehead atoms. The Balaban J connectivity index is 3.12. The first-order valence-corrected chi connectivity index (χ1v) is 3.65. The van der Waals surface area contributed by atoms with Crippen LogP contribution in [-0.2, 0) is 0 Å². The molecule has 3 nitrogen and oxygen atoms in total. The first-order chi connectivity index (χ1) is 5.27. The van der Waals surface area contributed by atoms with Gasteiger partial charge < -0.3 is 9.58 Å². The van der Waals surface area contributed by atoms with Crippen molar-refractivity contribution in [1.82, 2.24) is 4.98 Å². The van der Waals surface area contributed by atoms with Gasteiger partial charge in [0.15, 0.2) is 5.75 Å². The minimum atomic E-state index is 0.359. The molecular formula is C7H5BrN2O. The molecule has 0 aliphatic heterocycles. The molecule has 0 N–H and O–H groups in total. The maximum atomic E-state index is 6.67. The van der Waals surface area contributed by atoms with Gasteiger partial charge in [0.2, 0.25) is 4.60 Å². The average molecular weight is 213 g/mol. The molecule has 0 fully saturated rings. The number of halogens is 1. The zero-order valence-electron chi connectivity index (χ0n) is 5.84. The summed E-state index contributed by atoms with van der Waals surface area (Å²) >= 11 is 3.17. The van der Waals surface area contributed by atoms with Gasteiger partial charge in [-0.3, -0.25) is 0 Å². The molecule has 0 atom stereocenters. The predicted octanol–water partition coefficient (Wildman–Crippen LogP) is 2.40. The van der Waals surface area contributed by atoms with Gasteiger partial charge in [0.1, 0.15) is 0 Å². The van der Waals surface area contributed by atoms with E-state index in [1.807, 2.05) is 0 Å². The lowest BCUT2D eigenvalue weighted by atomic mass is 10.4. The number of rotatable bonds is 1. The molecule has 0 saturated heterocycles. The summed E-state index contributed by atoms with van der Waals surface area (Å²) in [4.78, 5) is 7.06. The van der Waals surface area contributed by atoms with E-state index in [-0.39, 0.29) is 0 Å². The van der Waals surface area contributed by atoms with Gasteiger partial charge in [0, 0.05) is 15.9 Å². The number of pyridine rings is 1. The molecule has 0 saturated carbocycles. The highest BCUT2D eigenvalue weighted by Crippen LogP contribution is 2.24. The predicted molar refractivity (Wildman–Crippen MR) is 44.8 cm³/mol. The van der Waals surface area contributed by atoms with Crippen LogP contribution in [0.2, 0.25) is 0 Å². The Bertz CT molecular complexity index is 306. The maximum absolute atomic E-state index is 6.67. The number of hydrogen-bond donors (Lipinski definition) is 0. The molecule has 0 spiro atoms. The van der Waals surface area contributed by atoms with E-state index in [0.717, 1.165) is 0 Å². The Morgan fingerprint density at radius 3 is 2.82 bits per heavy atom. The molecule has 11 heavy (non-hydrogen) atoms. The van der Waals surface area contributed by atoms with Crippen LogP contribution in [0.3, 0.4) is 0 Å². The van der Waals surface area contributed by atoms with Crippen molar-refractivity contribution in [3.8, 4) is 5.75 Å². The summed E-state index contributed by atoms with van der Waals surface area (Å²) in [6.45, 7) is 6.67. The monoisotopic (exact) mass is 212 g/mol. The van der Waals surface area contributed by atoms with Crippen molar-refractivity contribution in [2.75, 3.05) is 7.11 Å². The molecule has 0 unspecified atom stereocenters. The van der Waals surface area contributed by atoms with Gasteiger partial charge in [0.05, 0.1) is 7.11 Å². The molecular weight excluding hydrogens is 208 g/mol. The minimum Gasteiger partial charge on any atom is -0.492 e. The van der Waals surface area contributed by atoms with Gasteiger partial charge in [-0.1, -0.05) is 6.57 Å². The van der Waals surface area contributed by atoms with Gasteiger partial charge in [-0.2, -0.15) is 0 Å². The van der Waals surface area contributed by atoms with Crippen LogP contribution in [0.5, 0.6) is 5.75 Å². The van der Waals surface area contributed by atoms with E-state index in [2.05, 4.69) is 25.8 Å². The fourth-order valence-electron chi connectivity index (χ4n) is 0.626. The number of hydrogen-bond acceptors (Lipinski definition) is 2. The van der Waals surface area contributed by atoms with E-state index in [4.69, 9.17) is 11.3 Å². The van der Waals surface area contributed by atoms with Gasteiger partial charge in [-0.05, 0) is 12.1 Å². The lowest BCUT2D eigenvalue weighted by Gasteiger charge is -1.97. The van der Waals surface area contributed by atoms with Crippen molar-refractivity contribution in [3.05, 3.63) is 28.2 Å². The third-order valence-electron chi connectivity index (χ3n) is 1.13. The van der Waals surface area contributed by atoms with Crippen molar-refractivity contribution in [1.29, 1.82) is 0 Å². The van der Waals surface area contributed by atoms with Crippen LogP contribution in [0.4, 0.5) is 5.82 Å². The van der Waals surface area contributed by atoms with Crippen LogP contribution in [0.15, 0.2) is 16.7 Å². The standard InChI is InChI=1S/C7H5BrN2O/c1-9-6-4-3-5(11-2)7(8)10-6/h3-4H,2H3. The topological polar surface area (TPSA) is 26.5 Å². The molecule has 1 aromatic heterocycles. The van der Waals surface area contributed by atoms with Crippen molar-refractivity contribution >= 4 is 21.7 Å². The fourth-order valence-corrected chi connectivity index (χ4v) is 1.10. The lowest BCUT2D eigenvalue weighted by Crippen LogP contribution is -1.85. The highest BCUT2D eigenvalue weighted by Gasteiger charge is 2.04. The number of ether oxygens (including phenoxy) is 1. The van der Waals surface area contributed by atoms with Crippen LogP contribution in [0.1, 0.15) is 0 Å². The van der Waals surface area contributed by atoms with Crippen molar-refractivity contribution in [2.45, 2.75) is 0 Å². The van der Waals surface area contributed by atoms with E-state index < -0.39 is 0 Å². The second-order valence-electron chi connectivity index (χ2n) is 1.77. The number of aromatic nitrogens is 1. The van der Waals surface area contributed by atoms with Gasteiger partial charge >= 0.3 is 0 Å². The number of methoxy groups -OCH3 is 1. The second-order valence-corrected chi connectivity index (χ2v) is 2.53. The molecule has 4 heteroatoms. The Morgan fingerprint density at radius 1 is 1.64 bits per heavy atom. The van der Waals surface area contributed by atoms with Crippen LogP contribution >= 0.6 is 15.9 Å². The molecule has 0 radical (unpaired) electrons. The highest BCUT2D eigenvalue weighted by molar-refractivity contribution is 9.10. The van der Waals surface area contributed by atoms with E-state index in [0.29, 0.717) is 16.2 Å². The normalized spacial score (nSPS) is 8.82. The summed E-state index contributed by atoms with van der Waals surface area (Å²) in [5, 5.41) is 0. The minimum absolute atomic E-state index is 0.359. The Hall–Kier alpha value is -1.08. The summed E-state index contributed by atoms with van der Waals surface area (Å²) in [7, 11) is 1.55. The zero-order valence-corrected chi connectivity index (χ0v) is 7.42. The summed E-state index contributed by atoms with van der Waals surface area (Å²) in [6, 6.07) is 3.31. The highest BCUT2D eigenvalue weighted by atomic mass is 79.9. The van der Waals surface area contributed by atoms with Gasteiger partial charge in [-0.15, -0.1) is 4.98 Å². The Morgan fingerprint density at radius 2 is 2.36 bits per heavy atom. The summed E-state index contributed by atoms with van der Waals surface area (Å²) in [6.07, 6.45) is 0. The molecule has 56 valence electrons. The van der Waals surface area contributed by atoms with E-state index in [1.54, 1.807) is 19.2 Å². The van der Waals surface area contributed by atoms with E-state index >= 15 is 0 Å². The van der Waals surface area contributed by atoms with Gasteiger partial charge in [-0.25, -0.2) is 0 Å². The fraction of sp³-hybridized carbons (Fsp3) is 0.143. The molecule has 1 aromatic rings. The number of nitrogens with zero attached hydrogens (tertiary/aromatic N) is 2. The van der Waals surface area contributed by atoms with E-state index in [9.17, 15) is 0 Å². The maximum Gasteiger partial charge on any atom is 0.271 e. The van der Waals surface area contributed by atoms with Crippen molar-refractivity contribution in [3.63, 3.8) is 0 Å². The third kappa shape index (κ3) is 1.69. The first-order valence-electron chi connectivity index (χ1n) is 2.86. The first kappa shape index (κ1) is 8.02. The smallest absolute Gasteiger partial charge is 0.271 e. The summed E-state index contributed by atoms with van der Waals surface area (Å²) in [5.74, 6) is 0.995. The average Bonchev–Trinajstić information content (AvgIpc) is 2.04. The Kier molecular flexibility index (Phi) is 2.44. The largest absolute Gasteiger partial charge is 0.492 e. The Labute approximate surface area is 73.0 Å². The molecule has 1 rings (SSSR count). The third-order valence-corrected chi connectivity index (χ3v) is 1.70. The SMILES string of the molecule is [C-]#[N+]c1ccc(OC)c(Br)n1. The summed E-state index contributed by atoms with van der Waals surface area (Å²) in [5.41, 5.74) is 0. The molecule has 0 aliphatic carbocycles. The zero-order chi connectivity index (χ0) is 8.27. The van der Waals surface area contributed by atoms with Crippen LogP contribution in [0.25, 0.3) is 4.85 Å². The van der Waals surface area contributed by atoms with Crippen molar-refractivity contribution in [2.24, 2.45) is 0 Å². The molecule has 0 aliphatic rings. The van der Waals surface area contributed by atoms with Crippen LogP contribution in [0, 0.1) is 6.57 Å². The molecule has 0 amide bonds.